The van der Waals surface area contributed by atoms with Gasteiger partial charge in [-0.1, -0.05) is 0 Å². The Labute approximate surface area is 95.1 Å². The molecule has 0 unspecified atom stereocenters. The van der Waals surface area contributed by atoms with Crippen LogP contribution in [-0.2, 0) is 12.8 Å². The van der Waals surface area contributed by atoms with E-state index in [-0.39, 0.29) is 0 Å². The average molecular weight is 219 g/mol. The van der Waals surface area contributed by atoms with Crippen LogP contribution in [0.4, 0.5) is 5.82 Å². The number of aryl methyl sites for hydroxylation is 1. The number of nitrogens with one attached hydrogen (secondary N) is 1. The maximum Gasteiger partial charge on any atom is 0.132 e. The van der Waals surface area contributed by atoms with E-state index in [1.165, 1.54) is 17.7 Å². The molecule has 0 aromatic carbocycles. The summed E-state index contributed by atoms with van der Waals surface area (Å²) in [5.41, 5.74) is 1.94. The molecule has 86 valence electrons. The highest BCUT2D eigenvalue weighted by Gasteiger charge is 2.34. The maximum absolute atomic E-state index is 10.0. The van der Waals surface area contributed by atoms with Crippen LogP contribution < -0.4 is 5.32 Å². The number of fused-ring (bicyclic) bond motifs is 1. The third-order valence-electron chi connectivity index (χ3n) is 3.74. The Hall–Kier alpha value is -1.16. The van der Waals surface area contributed by atoms with Crippen molar-refractivity contribution in [2.24, 2.45) is 0 Å². The summed E-state index contributed by atoms with van der Waals surface area (Å²) < 4.78 is 0. The molecule has 1 heterocycles. The average Bonchev–Trinajstić information content (AvgIpc) is 2.72. The number of aromatic nitrogens is 2. The van der Waals surface area contributed by atoms with Crippen LogP contribution in [0.2, 0.25) is 0 Å². The maximum atomic E-state index is 10.0. The van der Waals surface area contributed by atoms with E-state index in [0.717, 1.165) is 37.9 Å². The Balaban J connectivity index is 1.72. The highest BCUT2D eigenvalue weighted by atomic mass is 16.3. The largest absolute Gasteiger partial charge is 0.388 e. The Morgan fingerprint density at radius 1 is 1.25 bits per heavy atom. The predicted octanol–water partition coefficient (Wildman–Crippen LogP) is 1.29. The number of rotatable bonds is 3. The third kappa shape index (κ3) is 1.67. The highest BCUT2D eigenvalue weighted by Crippen LogP contribution is 2.32. The molecule has 0 amide bonds. The van der Waals surface area contributed by atoms with Crippen LogP contribution in [0.15, 0.2) is 6.33 Å². The summed E-state index contributed by atoms with van der Waals surface area (Å²) in [6, 6.07) is 0. The summed E-state index contributed by atoms with van der Waals surface area (Å²) in [5.74, 6) is 0.933. The van der Waals surface area contributed by atoms with Gasteiger partial charge in [-0.15, -0.1) is 0 Å². The molecule has 1 aromatic rings. The van der Waals surface area contributed by atoms with Crippen LogP contribution in [-0.4, -0.2) is 27.2 Å². The molecule has 16 heavy (non-hydrogen) atoms. The second-order valence-electron chi connectivity index (χ2n) is 4.93. The second kappa shape index (κ2) is 3.70. The lowest BCUT2D eigenvalue weighted by Gasteiger charge is -2.36. The SMILES string of the molecule is OC1(CNc2ncnc3c2CCC3)CCC1. The molecule has 0 saturated heterocycles. The standard InChI is InChI=1S/C12H17N3O/c16-12(5-2-6-12)7-13-11-9-3-1-4-10(9)14-8-15-11/h8,16H,1-7H2,(H,13,14,15). The summed E-state index contributed by atoms with van der Waals surface area (Å²) in [7, 11) is 0. The van der Waals surface area contributed by atoms with Crippen molar-refractivity contribution in [3.8, 4) is 0 Å². The van der Waals surface area contributed by atoms with Gasteiger partial charge in [-0.05, 0) is 38.5 Å². The summed E-state index contributed by atoms with van der Waals surface area (Å²) in [4.78, 5) is 8.56. The quantitative estimate of drug-likeness (QED) is 0.804. The van der Waals surface area contributed by atoms with Crippen molar-refractivity contribution in [1.29, 1.82) is 0 Å². The van der Waals surface area contributed by atoms with Crippen molar-refractivity contribution in [3.05, 3.63) is 17.6 Å². The van der Waals surface area contributed by atoms with E-state index in [0.29, 0.717) is 6.54 Å². The predicted molar refractivity (Wildman–Crippen MR) is 61.3 cm³/mol. The molecule has 3 rings (SSSR count). The number of hydrogen-bond donors (Lipinski definition) is 2. The molecule has 4 nitrogen and oxygen atoms in total. The van der Waals surface area contributed by atoms with Crippen molar-refractivity contribution in [3.63, 3.8) is 0 Å². The number of anilines is 1. The molecule has 1 fully saturated rings. The first-order valence-corrected chi connectivity index (χ1v) is 6.06. The summed E-state index contributed by atoms with van der Waals surface area (Å²) in [6.07, 6.45) is 7.89. The molecular weight excluding hydrogens is 202 g/mol. The first kappa shape index (κ1) is 10.0. The van der Waals surface area contributed by atoms with Gasteiger partial charge in [-0.3, -0.25) is 0 Å². The monoisotopic (exact) mass is 219 g/mol. The zero-order valence-electron chi connectivity index (χ0n) is 9.37. The van der Waals surface area contributed by atoms with E-state index in [2.05, 4.69) is 15.3 Å². The molecule has 2 N–H and O–H groups in total. The Morgan fingerprint density at radius 2 is 2.12 bits per heavy atom. The molecule has 0 spiro atoms. The van der Waals surface area contributed by atoms with Crippen molar-refractivity contribution in [1.82, 2.24) is 9.97 Å². The molecule has 4 heteroatoms. The lowest BCUT2D eigenvalue weighted by Crippen LogP contribution is -2.43. The Bertz CT molecular complexity index is 401. The van der Waals surface area contributed by atoms with E-state index in [1.807, 2.05) is 0 Å². The van der Waals surface area contributed by atoms with Gasteiger partial charge in [-0.25, -0.2) is 9.97 Å². The van der Waals surface area contributed by atoms with Gasteiger partial charge < -0.3 is 10.4 Å². The number of nitrogens with zero attached hydrogens (tertiary/aromatic N) is 2. The highest BCUT2D eigenvalue weighted by molar-refractivity contribution is 5.48. The Morgan fingerprint density at radius 3 is 2.88 bits per heavy atom. The summed E-state index contributed by atoms with van der Waals surface area (Å²) in [5, 5.41) is 13.3. The third-order valence-corrected chi connectivity index (χ3v) is 3.74. The fourth-order valence-corrected chi connectivity index (χ4v) is 2.52. The topological polar surface area (TPSA) is 58.0 Å². The molecule has 0 bridgehead atoms. The van der Waals surface area contributed by atoms with Crippen molar-refractivity contribution in [2.75, 3.05) is 11.9 Å². The lowest BCUT2D eigenvalue weighted by atomic mass is 9.80. The fourth-order valence-electron chi connectivity index (χ4n) is 2.52. The van der Waals surface area contributed by atoms with Gasteiger partial charge in [0.05, 0.1) is 5.60 Å². The van der Waals surface area contributed by atoms with Gasteiger partial charge in [0.2, 0.25) is 0 Å². The van der Waals surface area contributed by atoms with Gasteiger partial charge >= 0.3 is 0 Å². The number of hydrogen-bond acceptors (Lipinski definition) is 4. The van der Waals surface area contributed by atoms with Crippen LogP contribution >= 0.6 is 0 Å². The van der Waals surface area contributed by atoms with Crippen LogP contribution in [0.1, 0.15) is 36.9 Å². The van der Waals surface area contributed by atoms with Crippen LogP contribution in [0, 0.1) is 0 Å². The fraction of sp³-hybridized carbons (Fsp3) is 0.667. The first-order valence-electron chi connectivity index (χ1n) is 6.06. The minimum atomic E-state index is -0.490. The van der Waals surface area contributed by atoms with E-state index in [1.54, 1.807) is 6.33 Å². The molecule has 2 aliphatic rings. The molecule has 2 aliphatic carbocycles. The van der Waals surface area contributed by atoms with Gasteiger partial charge in [0.1, 0.15) is 12.1 Å². The molecule has 0 atom stereocenters. The zero-order chi connectivity index (χ0) is 11.0. The normalized spacial score (nSPS) is 21.3. The lowest BCUT2D eigenvalue weighted by molar-refractivity contribution is -0.0202. The summed E-state index contributed by atoms with van der Waals surface area (Å²) >= 11 is 0. The van der Waals surface area contributed by atoms with E-state index < -0.39 is 5.60 Å². The van der Waals surface area contributed by atoms with Gasteiger partial charge in [-0.2, -0.15) is 0 Å². The van der Waals surface area contributed by atoms with Crippen LogP contribution in [0.25, 0.3) is 0 Å². The molecule has 1 saturated carbocycles. The van der Waals surface area contributed by atoms with E-state index in [4.69, 9.17) is 0 Å². The minimum Gasteiger partial charge on any atom is -0.388 e. The van der Waals surface area contributed by atoms with Crippen molar-refractivity contribution < 1.29 is 5.11 Å². The smallest absolute Gasteiger partial charge is 0.132 e. The van der Waals surface area contributed by atoms with Crippen molar-refractivity contribution in [2.45, 2.75) is 44.1 Å². The minimum absolute atomic E-state index is 0.490. The van der Waals surface area contributed by atoms with Gasteiger partial charge in [0.25, 0.3) is 0 Å². The van der Waals surface area contributed by atoms with E-state index in [9.17, 15) is 5.11 Å². The van der Waals surface area contributed by atoms with Gasteiger partial charge in [0, 0.05) is 17.8 Å². The van der Waals surface area contributed by atoms with Gasteiger partial charge in [0.15, 0.2) is 0 Å². The zero-order valence-corrected chi connectivity index (χ0v) is 9.37. The molecule has 0 aliphatic heterocycles. The van der Waals surface area contributed by atoms with Crippen LogP contribution in [0.5, 0.6) is 0 Å². The Kier molecular flexibility index (Phi) is 2.32. The molecular formula is C12H17N3O. The second-order valence-corrected chi connectivity index (χ2v) is 4.93. The number of aliphatic hydroxyl groups is 1. The molecule has 1 aromatic heterocycles. The molecule has 0 radical (unpaired) electrons. The van der Waals surface area contributed by atoms with Crippen molar-refractivity contribution >= 4 is 5.82 Å². The van der Waals surface area contributed by atoms with Crippen LogP contribution in [0.3, 0.4) is 0 Å². The first-order chi connectivity index (χ1) is 7.77. The van der Waals surface area contributed by atoms with E-state index >= 15 is 0 Å². The summed E-state index contributed by atoms with van der Waals surface area (Å²) in [6.45, 7) is 0.621.